The molecule has 0 aliphatic carbocycles. The molecule has 0 aromatic rings. The van der Waals surface area contributed by atoms with Gasteiger partial charge in [0.05, 0.1) is 0 Å². The van der Waals surface area contributed by atoms with E-state index in [4.69, 9.17) is 0 Å². The molecule has 1 amide bonds. The van der Waals surface area contributed by atoms with Crippen molar-refractivity contribution in [3.8, 4) is 0 Å². The van der Waals surface area contributed by atoms with E-state index in [2.05, 4.69) is 19.2 Å². The Labute approximate surface area is 126 Å². The molecule has 0 saturated carbocycles. The fraction of sp³-hybridized carbons (Fsp3) is 0.923. The topological polar surface area (TPSA) is 66.5 Å². The molecular weight excluding hydrogens is 296 g/mol. The van der Waals surface area contributed by atoms with Crippen molar-refractivity contribution in [1.82, 2.24) is 10.2 Å². The van der Waals surface area contributed by atoms with Gasteiger partial charge in [0.1, 0.15) is 5.37 Å². The summed E-state index contributed by atoms with van der Waals surface area (Å²) in [6.07, 6.45) is 1.17. The number of hydrogen-bond acceptors (Lipinski definition) is 5. The maximum atomic E-state index is 12.2. The fourth-order valence-electron chi connectivity index (χ4n) is 2.13. The highest BCUT2D eigenvalue weighted by Gasteiger charge is 2.35. The standard InChI is InChI=1S/C13H26N2O3S2/c1-4-20(17,18)13-10-19-9-8-15(13)12(16)6-5-7-14-11(2)3/h11,13-14H,4-10H2,1-3H3. The second-order valence-corrected chi connectivity index (χ2v) is 8.88. The molecule has 0 bridgehead atoms. The molecular formula is C13H26N2O3S2. The monoisotopic (exact) mass is 322 g/mol. The van der Waals surface area contributed by atoms with E-state index in [0.717, 1.165) is 18.7 Å². The molecule has 118 valence electrons. The van der Waals surface area contributed by atoms with Crippen molar-refractivity contribution in [3.05, 3.63) is 0 Å². The van der Waals surface area contributed by atoms with E-state index in [1.165, 1.54) is 0 Å². The Hall–Kier alpha value is -0.270. The Kier molecular flexibility index (Phi) is 7.33. The lowest BCUT2D eigenvalue weighted by Crippen LogP contribution is -2.50. The van der Waals surface area contributed by atoms with Gasteiger partial charge in [0.25, 0.3) is 0 Å². The smallest absolute Gasteiger partial charge is 0.223 e. The highest BCUT2D eigenvalue weighted by molar-refractivity contribution is 8.01. The normalized spacial score (nSPS) is 20.4. The molecule has 1 N–H and O–H groups in total. The van der Waals surface area contributed by atoms with Crippen LogP contribution in [0, 0.1) is 0 Å². The predicted octanol–water partition coefficient (Wildman–Crippen LogP) is 1.10. The van der Waals surface area contributed by atoms with E-state index >= 15 is 0 Å². The van der Waals surface area contributed by atoms with Crippen LogP contribution in [0.1, 0.15) is 33.6 Å². The minimum absolute atomic E-state index is 0.0297. The molecule has 0 radical (unpaired) electrons. The van der Waals surface area contributed by atoms with Crippen LogP contribution in [0.25, 0.3) is 0 Å². The zero-order valence-corrected chi connectivity index (χ0v) is 14.2. The lowest BCUT2D eigenvalue weighted by Gasteiger charge is -2.34. The summed E-state index contributed by atoms with van der Waals surface area (Å²) in [4.78, 5) is 13.8. The summed E-state index contributed by atoms with van der Waals surface area (Å²) in [6.45, 7) is 7.10. The van der Waals surface area contributed by atoms with Crippen LogP contribution in [0.15, 0.2) is 0 Å². The maximum absolute atomic E-state index is 12.2. The van der Waals surface area contributed by atoms with Crippen LogP contribution in [0.4, 0.5) is 0 Å². The number of nitrogens with zero attached hydrogens (tertiary/aromatic N) is 1. The SMILES string of the molecule is CCS(=O)(=O)C1CSCCN1C(=O)CCCNC(C)C. The molecule has 0 spiro atoms. The summed E-state index contributed by atoms with van der Waals surface area (Å²) in [5.74, 6) is 1.40. The molecule has 7 heteroatoms. The number of carbonyl (C=O) groups is 1. The zero-order valence-electron chi connectivity index (χ0n) is 12.6. The van der Waals surface area contributed by atoms with Gasteiger partial charge in [0, 0.05) is 36.3 Å². The van der Waals surface area contributed by atoms with Crippen molar-refractivity contribution in [3.63, 3.8) is 0 Å². The van der Waals surface area contributed by atoms with Crippen molar-refractivity contribution in [1.29, 1.82) is 0 Å². The molecule has 1 aliphatic heterocycles. The van der Waals surface area contributed by atoms with E-state index in [1.807, 2.05) is 0 Å². The van der Waals surface area contributed by atoms with Gasteiger partial charge in [0.2, 0.25) is 5.91 Å². The lowest BCUT2D eigenvalue weighted by molar-refractivity contribution is -0.131. The Morgan fingerprint density at radius 1 is 1.45 bits per heavy atom. The van der Waals surface area contributed by atoms with Crippen molar-refractivity contribution in [2.75, 3.05) is 30.3 Å². The first kappa shape index (κ1) is 17.8. The van der Waals surface area contributed by atoms with Crippen LogP contribution in [0.2, 0.25) is 0 Å². The van der Waals surface area contributed by atoms with Gasteiger partial charge in [-0.25, -0.2) is 8.42 Å². The van der Waals surface area contributed by atoms with Gasteiger partial charge in [-0.05, 0) is 13.0 Å². The number of thioether (sulfide) groups is 1. The van der Waals surface area contributed by atoms with Gasteiger partial charge >= 0.3 is 0 Å². The fourth-order valence-corrected chi connectivity index (χ4v) is 5.12. The largest absolute Gasteiger partial charge is 0.324 e. The molecule has 1 saturated heterocycles. The highest BCUT2D eigenvalue weighted by Crippen LogP contribution is 2.22. The summed E-state index contributed by atoms with van der Waals surface area (Å²) < 4.78 is 24.1. The second-order valence-electron chi connectivity index (χ2n) is 5.28. The minimum atomic E-state index is -3.19. The Bertz CT molecular complexity index is 410. The first-order valence-electron chi connectivity index (χ1n) is 7.20. The molecule has 0 aromatic heterocycles. The van der Waals surface area contributed by atoms with E-state index in [0.29, 0.717) is 24.8 Å². The molecule has 1 unspecified atom stereocenters. The Balaban J connectivity index is 2.55. The third-order valence-corrected chi connectivity index (χ3v) is 6.63. The van der Waals surface area contributed by atoms with Gasteiger partial charge in [0.15, 0.2) is 9.84 Å². The van der Waals surface area contributed by atoms with E-state index in [1.54, 1.807) is 23.6 Å². The number of carbonyl (C=O) groups excluding carboxylic acids is 1. The quantitative estimate of drug-likeness (QED) is 0.711. The van der Waals surface area contributed by atoms with Gasteiger partial charge in [-0.2, -0.15) is 11.8 Å². The molecule has 5 nitrogen and oxygen atoms in total. The molecule has 1 rings (SSSR count). The molecule has 1 aliphatic rings. The first-order valence-corrected chi connectivity index (χ1v) is 10.1. The number of sulfone groups is 1. The van der Waals surface area contributed by atoms with Gasteiger partial charge in [-0.1, -0.05) is 20.8 Å². The lowest BCUT2D eigenvalue weighted by atomic mass is 10.2. The van der Waals surface area contributed by atoms with Crippen molar-refractivity contribution >= 4 is 27.5 Å². The van der Waals surface area contributed by atoms with Crippen molar-refractivity contribution in [2.45, 2.75) is 45.0 Å². The molecule has 1 heterocycles. The number of amides is 1. The van der Waals surface area contributed by atoms with Gasteiger partial charge in [-0.15, -0.1) is 0 Å². The Morgan fingerprint density at radius 2 is 2.15 bits per heavy atom. The second kappa shape index (κ2) is 8.24. The first-order chi connectivity index (χ1) is 9.38. The zero-order chi connectivity index (χ0) is 15.2. The summed E-state index contributed by atoms with van der Waals surface area (Å²) in [6, 6.07) is 0.407. The van der Waals surface area contributed by atoms with Crippen LogP contribution in [-0.2, 0) is 14.6 Å². The van der Waals surface area contributed by atoms with E-state index < -0.39 is 15.2 Å². The van der Waals surface area contributed by atoms with E-state index in [-0.39, 0.29) is 11.7 Å². The molecule has 0 aromatic carbocycles. The number of nitrogens with one attached hydrogen (secondary N) is 1. The highest BCUT2D eigenvalue weighted by atomic mass is 32.2. The van der Waals surface area contributed by atoms with E-state index in [9.17, 15) is 13.2 Å². The predicted molar refractivity (Wildman–Crippen MR) is 84.7 cm³/mol. The Morgan fingerprint density at radius 3 is 2.75 bits per heavy atom. The summed E-state index contributed by atoms with van der Waals surface area (Å²) in [7, 11) is -3.19. The third kappa shape index (κ3) is 5.26. The van der Waals surface area contributed by atoms with Crippen LogP contribution >= 0.6 is 11.8 Å². The maximum Gasteiger partial charge on any atom is 0.223 e. The van der Waals surface area contributed by atoms with Crippen molar-refractivity contribution in [2.24, 2.45) is 0 Å². The summed E-state index contributed by atoms with van der Waals surface area (Å²) in [5, 5.41) is 2.64. The minimum Gasteiger partial charge on any atom is -0.324 e. The third-order valence-electron chi connectivity index (χ3n) is 3.34. The number of rotatable bonds is 7. The summed E-state index contributed by atoms with van der Waals surface area (Å²) in [5.41, 5.74) is 0. The van der Waals surface area contributed by atoms with Crippen LogP contribution in [-0.4, -0.2) is 61.0 Å². The average Bonchev–Trinajstić information content (AvgIpc) is 2.43. The molecule has 20 heavy (non-hydrogen) atoms. The number of hydrogen-bond donors (Lipinski definition) is 1. The van der Waals surface area contributed by atoms with Crippen molar-refractivity contribution < 1.29 is 13.2 Å². The van der Waals surface area contributed by atoms with Crippen LogP contribution in [0.5, 0.6) is 0 Å². The van der Waals surface area contributed by atoms with Gasteiger partial charge in [-0.3, -0.25) is 4.79 Å². The molecule has 1 atom stereocenters. The van der Waals surface area contributed by atoms with Crippen LogP contribution < -0.4 is 5.32 Å². The van der Waals surface area contributed by atoms with Crippen LogP contribution in [0.3, 0.4) is 0 Å². The van der Waals surface area contributed by atoms with Gasteiger partial charge < -0.3 is 10.2 Å². The molecule has 1 fully saturated rings. The average molecular weight is 322 g/mol. The summed E-state index contributed by atoms with van der Waals surface area (Å²) >= 11 is 1.61.